The van der Waals surface area contributed by atoms with Crippen molar-refractivity contribution in [1.82, 2.24) is 19.5 Å². The van der Waals surface area contributed by atoms with Crippen LogP contribution in [0.15, 0.2) is 12.7 Å². The van der Waals surface area contributed by atoms with Gasteiger partial charge in [0.15, 0.2) is 11.5 Å². The first-order valence-electron chi connectivity index (χ1n) is 5.91. The zero-order valence-electron chi connectivity index (χ0n) is 9.77. The van der Waals surface area contributed by atoms with Gasteiger partial charge in [-0.25, -0.2) is 15.0 Å². The molecule has 0 spiro atoms. The lowest BCUT2D eigenvalue weighted by atomic mass is 9.70. The molecule has 0 aliphatic heterocycles. The molecule has 18 heavy (non-hydrogen) atoms. The lowest BCUT2D eigenvalue weighted by Crippen LogP contribution is -2.42. The van der Waals surface area contributed by atoms with Gasteiger partial charge in [-0.1, -0.05) is 0 Å². The van der Waals surface area contributed by atoms with E-state index in [0.29, 0.717) is 17.0 Å². The quantitative estimate of drug-likeness (QED) is 0.681. The standard InChI is InChI=1S/C11H15N5O2/c12-10-9-11(14-4-13-10)16(5-15-9)8-1-6(2-17)7(8)3-18/h4-8,17-18H,1-3H2,(H2,12,13,14)/t6-,7+,8-/m1/s1. The summed E-state index contributed by atoms with van der Waals surface area (Å²) in [5, 5.41) is 18.6. The van der Waals surface area contributed by atoms with Crippen molar-refractivity contribution in [3.05, 3.63) is 12.7 Å². The number of aromatic nitrogens is 4. The van der Waals surface area contributed by atoms with E-state index in [1.54, 1.807) is 6.33 Å². The van der Waals surface area contributed by atoms with Crippen molar-refractivity contribution < 1.29 is 10.2 Å². The second kappa shape index (κ2) is 4.18. The Balaban J connectivity index is 1.99. The van der Waals surface area contributed by atoms with E-state index in [0.717, 1.165) is 6.42 Å². The maximum Gasteiger partial charge on any atom is 0.165 e. The zero-order chi connectivity index (χ0) is 12.7. The third-order valence-electron chi connectivity index (χ3n) is 3.83. The number of fused-ring (bicyclic) bond motifs is 1. The van der Waals surface area contributed by atoms with E-state index in [-0.39, 0.29) is 31.1 Å². The predicted molar refractivity (Wildman–Crippen MR) is 64.5 cm³/mol. The molecule has 2 aromatic rings. The molecule has 1 fully saturated rings. The summed E-state index contributed by atoms with van der Waals surface area (Å²) in [7, 11) is 0. The third kappa shape index (κ3) is 1.48. The van der Waals surface area contributed by atoms with Crippen LogP contribution in [0.4, 0.5) is 5.82 Å². The largest absolute Gasteiger partial charge is 0.396 e. The van der Waals surface area contributed by atoms with Crippen LogP contribution in [-0.2, 0) is 0 Å². The minimum atomic E-state index is 0.0450. The highest BCUT2D eigenvalue weighted by molar-refractivity contribution is 5.81. The van der Waals surface area contributed by atoms with E-state index >= 15 is 0 Å². The van der Waals surface area contributed by atoms with E-state index in [4.69, 9.17) is 5.73 Å². The first-order valence-corrected chi connectivity index (χ1v) is 5.91. The van der Waals surface area contributed by atoms with Crippen LogP contribution in [0.2, 0.25) is 0 Å². The molecular formula is C11H15N5O2. The van der Waals surface area contributed by atoms with Crippen LogP contribution in [0.5, 0.6) is 0 Å². The van der Waals surface area contributed by atoms with Crippen molar-refractivity contribution in [2.45, 2.75) is 12.5 Å². The summed E-state index contributed by atoms with van der Waals surface area (Å²) in [4.78, 5) is 12.3. The van der Waals surface area contributed by atoms with Crippen LogP contribution in [0.1, 0.15) is 12.5 Å². The summed E-state index contributed by atoms with van der Waals surface area (Å²) in [5.74, 6) is 0.553. The molecule has 3 atom stereocenters. The highest BCUT2D eigenvalue weighted by atomic mass is 16.3. The van der Waals surface area contributed by atoms with Crippen LogP contribution >= 0.6 is 0 Å². The van der Waals surface area contributed by atoms with Gasteiger partial charge < -0.3 is 20.5 Å². The number of aliphatic hydroxyl groups is 2. The zero-order valence-corrected chi connectivity index (χ0v) is 9.77. The molecular weight excluding hydrogens is 234 g/mol. The number of hydrogen-bond donors (Lipinski definition) is 3. The number of nitrogens with zero attached hydrogens (tertiary/aromatic N) is 4. The fourth-order valence-electron chi connectivity index (χ4n) is 2.69. The van der Waals surface area contributed by atoms with Gasteiger partial charge in [0.1, 0.15) is 11.8 Å². The van der Waals surface area contributed by atoms with Gasteiger partial charge in [0.25, 0.3) is 0 Å². The highest BCUT2D eigenvalue weighted by Gasteiger charge is 2.41. The number of nitrogen functional groups attached to an aromatic ring is 1. The number of rotatable bonds is 3. The topological polar surface area (TPSA) is 110 Å². The maximum atomic E-state index is 9.38. The van der Waals surface area contributed by atoms with Crippen LogP contribution < -0.4 is 5.73 Å². The molecule has 7 heteroatoms. The maximum absolute atomic E-state index is 9.38. The molecule has 1 aliphatic rings. The minimum absolute atomic E-state index is 0.0450. The van der Waals surface area contributed by atoms with E-state index in [2.05, 4.69) is 15.0 Å². The SMILES string of the molecule is Nc1ncnc2c1ncn2[C@@H]1C[C@H](CO)[C@@H]1CO. The Kier molecular flexibility index (Phi) is 2.64. The van der Waals surface area contributed by atoms with Crippen molar-refractivity contribution in [2.24, 2.45) is 11.8 Å². The molecule has 7 nitrogen and oxygen atoms in total. The second-order valence-electron chi connectivity index (χ2n) is 4.68. The van der Waals surface area contributed by atoms with Crippen LogP contribution in [0, 0.1) is 11.8 Å². The Morgan fingerprint density at radius 2 is 2.11 bits per heavy atom. The molecule has 0 radical (unpaired) electrons. The Morgan fingerprint density at radius 1 is 1.28 bits per heavy atom. The smallest absolute Gasteiger partial charge is 0.165 e. The van der Waals surface area contributed by atoms with E-state index in [1.807, 2.05) is 4.57 Å². The van der Waals surface area contributed by atoms with E-state index in [9.17, 15) is 10.2 Å². The molecule has 1 aliphatic carbocycles. The molecule has 4 N–H and O–H groups in total. The first-order chi connectivity index (χ1) is 8.76. The molecule has 2 aromatic heterocycles. The van der Waals surface area contributed by atoms with Gasteiger partial charge in [0.05, 0.1) is 6.33 Å². The molecule has 0 saturated heterocycles. The fraction of sp³-hybridized carbons (Fsp3) is 0.545. The summed E-state index contributed by atoms with van der Waals surface area (Å²) >= 11 is 0. The number of anilines is 1. The van der Waals surface area contributed by atoms with Gasteiger partial charge in [-0.05, 0) is 12.3 Å². The van der Waals surface area contributed by atoms with Crippen molar-refractivity contribution in [3.8, 4) is 0 Å². The third-order valence-corrected chi connectivity index (χ3v) is 3.83. The highest BCUT2D eigenvalue weighted by Crippen LogP contribution is 2.44. The van der Waals surface area contributed by atoms with E-state index in [1.165, 1.54) is 6.33 Å². The molecule has 0 amide bonds. The average Bonchev–Trinajstić information content (AvgIpc) is 2.75. The summed E-state index contributed by atoms with van der Waals surface area (Å²) in [6, 6.07) is 0.117. The molecule has 2 heterocycles. The summed E-state index contributed by atoms with van der Waals surface area (Å²) in [5.41, 5.74) is 7.00. The Hall–Kier alpha value is -1.73. The summed E-state index contributed by atoms with van der Waals surface area (Å²) < 4.78 is 1.92. The van der Waals surface area contributed by atoms with Gasteiger partial charge >= 0.3 is 0 Å². The number of imidazole rings is 1. The van der Waals surface area contributed by atoms with Crippen molar-refractivity contribution in [1.29, 1.82) is 0 Å². The second-order valence-corrected chi connectivity index (χ2v) is 4.68. The number of aliphatic hydroxyl groups excluding tert-OH is 2. The number of hydrogen-bond acceptors (Lipinski definition) is 6. The van der Waals surface area contributed by atoms with Gasteiger partial charge in [-0.15, -0.1) is 0 Å². The van der Waals surface area contributed by atoms with Gasteiger partial charge in [0, 0.05) is 25.2 Å². The van der Waals surface area contributed by atoms with Crippen LogP contribution in [0.3, 0.4) is 0 Å². The fourth-order valence-corrected chi connectivity index (χ4v) is 2.69. The Morgan fingerprint density at radius 3 is 2.83 bits per heavy atom. The summed E-state index contributed by atoms with van der Waals surface area (Å²) in [6.45, 7) is 0.154. The molecule has 96 valence electrons. The van der Waals surface area contributed by atoms with Crippen molar-refractivity contribution in [2.75, 3.05) is 18.9 Å². The molecule has 0 aromatic carbocycles. The lowest BCUT2D eigenvalue weighted by Gasteiger charge is -2.43. The lowest BCUT2D eigenvalue weighted by molar-refractivity contribution is -0.00529. The normalized spacial score (nSPS) is 27.3. The van der Waals surface area contributed by atoms with Crippen LogP contribution in [0.25, 0.3) is 11.2 Å². The minimum Gasteiger partial charge on any atom is -0.396 e. The monoisotopic (exact) mass is 249 g/mol. The van der Waals surface area contributed by atoms with Gasteiger partial charge in [-0.2, -0.15) is 0 Å². The Bertz CT molecular complexity index is 570. The van der Waals surface area contributed by atoms with E-state index < -0.39 is 0 Å². The predicted octanol–water partition coefficient (Wildman–Crippen LogP) is -0.430. The number of nitrogens with two attached hydrogens (primary N) is 1. The summed E-state index contributed by atoms with van der Waals surface area (Å²) in [6.07, 6.45) is 3.90. The molecule has 0 bridgehead atoms. The van der Waals surface area contributed by atoms with Crippen molar-refractivity contribution >= 4 is 17.0 Å². The first kappa shape index (κ1) is 11.4. The van der Waals surface area contributed by atoms with Gasteiger partial charge in [0.2, 0.25) is 0 Å². The molecule has 0 unspecified atom stereocenters. The molecule has 1 saturated carbocycles. The molecule has 3 rings (SSSR count). The Labute approximate surface area is 103 Å². The average molecular weight is 249 g/mol. The van der Waals surface area contributed by atoms with Crippen molar-refractivity contribution in [3.63, 3.8) is 0 Å². The van der Waals surface area contributed by atoms with Crippen LogP contribution in [-0.4, -0.2) is 42.9 Å². The van der Waals surface area contributed by atoms with Gasteiger partial charge in [-0.3, -0.25) is 0 Å².